The molecule has 18 heavy (non-hydrogen) atoms. The Morgan fingerprint density at radius 2 is 2.22 bits per heavy atom. The monoisotopic (exact) mass is 248 g/mol. The SMILES string of the molecule is COC(=O)C1(Cc2ccccc2)CC(CN)=NO1. The van der Waals surface area contributed by atoms with Gasteiger partial charge in [0.2, 0.25) is 5.60 Å². The molecule has 0 aromatic heterocycles. The molecule has 0 amide bonds. The summed E-state index contributed by atoms with van der Waals surface area (Å²) < 4.78 is 4.82. The fraction of sp³-hybridized carbons (Fsp3) is 0.385. The maximum atomic E-state index is 11.9. The van der Waals surface area contributed by atoms with Crippen LogP contribution in [0.25, 0.3) is 0 Å². The molecule has 2 N–H and O–H groups in total. The first-order chi connectivity index (χ1) is 8.70. The van der Waals surface area contributed by atoms with Crippen molar-refractivity contribution >= 4 is 11.7 Å². The van der Waals surface area contributed by atoms with Crippen LogP contribution in [0.15, 0.2) is 35.5 Å². The number of carbonyl (C=O) groups is 1. The molecule has 5 heteroatoms. The van der Waals surface area contributed by atoms with Crippen LogP contribution in [-0.2, 0) is 20.8 Å². The Labute approximate surface area is 106 Å². The van der Waals surface area contributed by atoms with Crippen LogP contribution in [0.1, 0.15) is 12.0 Å². The van der Waals surface area contributed by atoms with Gasteiger partial charge in [-0.15, -0.1) is 0 Å². The molecule has 1 atom stereocenters. The lowest BCUT2D eigenvalue weighted by Gasteiger charge is -2.23. The number of carbonyl (C=O) groups excluding carboxylic acids is 1. The second kappa shape index (κ2) is 5.18. The number of ether oxygens (including phenoxy) is 1. The van der Waals surface area contributed by atoms with E-state index in [1.165, 1.54) is 7.11 Å². The van der Waals surface area contributed by atoms with Crippen molar-refractivity contribution < 1.29 is 14.4 Å². The standard InChI is InChI=1S/C13H16N2O3/c1-17-12(16)13(8-11(9-14)15-18-13)7-10-5-3-2-4-6-10/h2-6H,7-9,14H2,1H3. The first kappa shape index (κ1) is 12.6. The van der Waals surface area contributed by atoms with Crippen LogP contribution in [0, 0.1) is 0 Å². The topological polar surface area (TPSA) is 73.9 Å². The molecule has 0 aliphatic carbocycles. The summed E-state index contributed by atoms with van der Waals surface area (Å²) in [5, 5.41) is 3.86. The largest absolute Gasteiger partial charge is 0.466 e. The van der Waals surface area contributed by atoms with Crippen molar-refractivity contribution in [2.45, 2.75) is 18.4 Å². The van der Waals surface area contributed by atoms with E-state index in [2.05, 4.69) is 5.16 Å². The highest BCUT2D eigenvalue weighted by molar-refractivity contribution is 5.94. The first-order valence-electron chi connectivity index (χ1n) is 5.76. The third-order valence-electron chi connectivity index (χ3n) is 2.96. The summed E-state index contributed by atoms with van der Waals surface area (Å²) in [5.41, 5.74) is 6.14. The highest BCUT2D eigenvalue weighted by Crippen LogP contribution is 2.29. The average Bonchev–Trinajstić information content (AvgIpc) is 2.83. The van der Waals surface area contributed by atoms with Gasteiger partial charge in [0, 0.05) is 19.4 Å². The van der Waals surface area contributed by atoms with Crippen molar-refractivity contribution in [3.8, 4) is 0 Å². The number of benzene rings is 1. The average molecular weight is 248 g/mol. The molecule has 1 aliphatic rings. The number of nitrogens with two attached hydrogens (primary N) is 1. The van der Waals surface area contributed by atoms with E-state index in [1.54, 1.807) is 0 Å². The van der Waals surface area contributed by atoms with Crippen molar-refractivity contribution in [2.24, 2.45) is 10.9 Å². The Hall–Kier alpha value is -1.88. The minimum Gasteiger partial charge on any atom is -0.466 e. The normalized spacial score (nSPS) is 22.2. The number of hydrogen-bond acceptors (Lipinski definition) is 5. The quantitative estimate of drug-likeness (QED) is 0.802. The van der Waals surface area contributed by atoms with E-state index in [0.717, 1.165) is 5.56 Å². The van der Waals surface area contributed by atoms with E-state index >= 15 is 0 Å². The second-order valence-electron chi connectivity index (χ2n) is 4.28. The van der Waals surface area contributed by atoms with Gasteiger partial charge >= 0.3 is 5.97 Å². The molecule has 0 saturated carbocycles. The predicted molar refractivity (Wildman–Crippen MR) is 67.1 cm³/mol. The molecule has 1 heterocycles. The van der Waals surface area contributed by atoms with Crippen molar-refractivity contribution in [1.82, 2.24) is 0 Å². The van der Waals surface area contributed by atoms with Gasteiger partial charge in [-0.2, -0.15) is 0 Å². The molecular weight excluding hydrogens is 232 g/mol. The van der Waals surface area contributed by atoms with E-state index in [9.17, 15) is 4.79 Å². The van der Waals surface area contributed by atoms with Crippen LogP contribution >= 0.6 is 0 Å². The summed E-state index contributed by atoms with van der Waals surface area (Å²) in [5.74, 6) is -0.418. The molecule has 0 radical (unpaired) electrons. The summed E-state index contributed by atoms with van der Waals surface area (Å²) >= 11 is 0. The van der Waals surface area contributed by atoms with Crippen LogP contribution in [0.4, 0.5) is 0 Å². The Kier molecular flexibility index (Phi) is 3.62. The van der Waals surface area contributed by atoms with Gasteiger partial charge in [0.15, 0.2) is 0 Å². The highest BCUT2D eigenvalue weighted by Gasteiger charge is 2.47. The Morgan fingerprint density at radius 1 is 1.50 bits per heavy atom. The van der Waals surface area contributed by atoms with Crippen LogP contribution in [0.2, 0.25) is 0 Å². The van der Waals surface area contributed by atoms with E-state index in [-0.39, 0.29) is 6.54 Å². The maximum Gasteiger partial charge on any atom is 0.353 e. The van der Waals surface area contributed by atoms with E-state index in [0.29, 0.717) is 18.6 Å². The molecule has 1 aliphatic heterocycles. The second-order valence-corrected chi connectivity index (χ2v) is 4.28. The van der Waals surface area contributed by atoms with Crippen LogP contribution < -0.4 is 5.73 Å². The van der Waals surface area contributed by atoms with Crippen LogP contribution in [0.5, 0.6) is 0 Å². The predicted octanol–water partition coefficient (Wildman–Crippen LogP) is 0.876. The van der Waals surface area contributed by atoms with Crippen LogP contribution in [-0.4, -0.2) is 30.9 Å². The molecule has 1 unspecified atom stereocenters. The van der Waals surface area contributed by atoms with E-state index in [4.69, 9.17) is 15.3 Å². The molecule has 1 aromatic carbocycles. The third kappa shape index (κ3) is 2.36. The molecule has 0 saturated heterocycles. The number of oxime groups is 1. The van der Waals surface area contributed by atoms with Gasteiger partial charge < -0.3 is 15.3 Å². The Balaban J connectivity index is 2.20. The van der Waals surface area contributed by atoms with Gasteiger partial charge in [0.1, 0.15) is 0 Å². The number of esters is 1. The Morgan fingerprint density at radius 3 is 2.78 bits per heavy atom. The van der Waals surface area contributed by atoms with Gasteiger partial charge in [-0.1, -0.05) is 35.5 Å². The maximum absolute atomic E-state index is 11.9. The number of nitrogens with zero attached hydrogens (tertiary/aromatic N) is 1. The van der Waals surface area contributed by atoms with Gasteiger partial charge in [0.25, 0.3) is 0 Å². The summed E-state index contributed by atoms with van der Waals surface area (Å²) in [6.07, 6.45) is 0.804. The molecule has 5 nitrogen and oxygen atoms in total. The zero-order valence-electron chi connectivity index (χ0n) is 10.3. The number of hydrogen-bond donors (Lipinski definition) is 1. The minimum atomic E-state index is -1.06. The van der Waals surface area contributed by atoms with Crippen LogP contribution in [0.3, 0.4) is 0 Å². The molecule has 1 aromatic rings. The summed E-state index contributed by atoms with van der Waals surface area (Å²) in [7, 11) is 1.35. The van der Waals surface area contributed by atoms with Crippen molar-refractivity contribution in [3.63, 3.8) is 0 Å². The number of methoxy groups -OCH3 is 1. The zero-order valence-corrected chi connectivity index (χ0v) is 10.3. The summed E-state index contributed by atoms with van der Waals surface area (Å²) in [4.78, 5) is 17.3. The molecule has 0 bridgehead atoms. The zero-order chi connectivity index (χ0) is 13.0. The van der Waals surface area contributed by atoms with Gasteiger partial charge in [-0.25, -0.2) is 4.79 Å². The van der Waals surface area contributed by atoms with Gasteiger partial charge in [-0.05, 0) is 5.56 Å². The lowest BCUT2D eigenvalue weighted by atomic mass is 9.90. The van der Waals surface area contributed by atoms with E-state index < -0.39 is 11.6 Å². The smallest absolute Gasteiger partial charge is 0.353 e. The van der Waals surface area contributed by atoms with Crippen molar-refractivity contribution in [2.75, 3.05) is 13.7 Å². The molecule has 2 rings (SSSR count). The van der Waals surface area contributed by atoms with Crippen molar-refractivity contribution in [3.05, 3.63) is 35.9 Å². The van der Waals surface area contributed by atoms with Gasteiger partial charge in [0.05, 0.1) is 12.8 Å². The van der Waals surface area contributed by atoms with E-state index in [1.807, 2.05) is 30.3 Å². The summed E-state index contributed by atoms with van der Waals surface area (Å²) in [6, 6.07) is 9.63. The summed E-state index contributed by atoms with van der Waals surface area (Å²) in [6.45, 7) is 0.285. The molecule has 96 valence electrons. The minimum absolute atomic E-state index is 0.285. The molecular formula is C13H16N2O3. The molecule has 0 spiro atoms. The lowest BCUT2D eigenvalue weighted by molar-refractivity contribution is -0.166. The fourth-order valence-electron chi connectivity index (χ4n) is 2.04. The first-order valence-corrected chi connectivity index (χ1v) is 5.76. The third-order valence-corrected chi connectivity index (χ3v) is 2.96. The fourth-order valence-corrected chi connectivity index (χ4v) is 2.04. The van der Waals surface area contributed by atoms with Crippen molar-refractivity contribution in [1.29, 1.82) is 0 Å². The van der Waals surface area contributed by atoms with Gasteiger partial charge in [-0.3, -0.25) is 0 Å². The highest BCUT2D eigenvalue weighted by atomic mass is 16.7. The number of rotatable bonds is 4. The Bertz CT molecular complexity index is 459. The molecule has 0 fully saturated rings. The lowest BCUT2D eigenvalue weighted by Crippen LogP contribution is -2.42.